The molecule has 3 aliphatic heterocycles. The molecule has 0 aromatic heterocycles. The summed E-state index contributed by atoms with van der Waals surface area (Å²) < 4.78 is 45.3. The molecule has 23 nitrogen and oxygen atoms in total. The standard InChI is InChI=1S/C57H83N7O16S/c1-10-36(65)23-24-42-45(68)46(69)47(70)49(78-42)55(75)59-25-17-16-22-39-52(72)62-38(21-15-14-20-35(58)30-81(76,77)50-32(3)31(2)48-37(33(50)4)28-57(8,9)80-48)51(71)60-29-43(66)61-41(27-44(67)79-56(5,6)7)54(74)64-40(53(73)63-39)26-34-18-12-11-13-19-34/h11-13,18-19,38-42,45-47,49,58,68-70H,10,14-17,20-30H2,1-9H3,(H,59,75)(H,60,71)(H,61,66)(H,62,72)(H,63,73)(H,64,74)/t38-,39-,40+,41-,42+,45-,46?,47-,49?/m0/s1. The smallest absolute Gasteiger partial charge is 0.308 e. The maximum absolute atomic E-state index is 14.5. The molecule has 2 fully saturated rings. The SMILES string of the molecule is CCC(=O)CC[C@H]1OC(C(=O)NCCCC[C@@H]2NC(=O)[C@@H](Cc3ccccc3)NC(=O)[C@H](CC(=O)OC(C)(C)C)NC(=O)CNC(=O)[C@H](CCCCC(=N)CS(=O)(=O)c3c(C)c(C)c4c(c3C)CC(C)(C)O4)NC2=O)[C@@H](O)C(O)[C@H]1O. The van der Waals surface area contributed by atoms with Crippen LogP contribution >= 0.6 is 0 Å². The van der Waals surface area contributed by atoms with E-state index in [-0.39, 0.29) is 93.6 Å². The average Bonchev–Trinajstić information content (AvgIpc) is 3.81. The average molecular weight is 1150 g/mol. The number of ketones is 1. The summed E-state index contributed by atoms with van der Waals surface area (Å²) in [5, 5.41) is 56.1. The zero-order valence-corrected chi connectivity index (χ0v) is 48.8. The van der Waals surface area contributed by atoms with E-state index >= 15 is 0 Å². The van der Waals surface area contributed by atoms with Gasteiger partial charge in [0.1, 0.15) is 65.2 Å². The zero-order valence-electron chi connectivity index (χ0n) is 48.0. The van der Waals surface area contributed by atoms with E-state index in [1.165, 1.54) is 0 Å². The Hall–Kier alpha value is -6.34. The van der Waals surface area contributed by atoms with Gasteiger partial charge in [-0.3, -0.25) is 38.4 Å². The van der Waals surface area contributed by atoms with E-state index in [1.807, 2.05) is 20.8 Å². The number of Topliss-reactive ketones (excluding diaryl/α,β-unsaturated/α-hetero) is 1. The van der Waals surface area contributed by atoms with Crippen molar-refractivity contribution in [2.45, 2.75) is 217 Å². The number of esters is 1. The number of rotatable bonds is 22. The molecule has 2 unspecified atom stereocenters. The minimum atomic E-state index is -3.99. The number of hydrogen-bond donors (Lipinski definition) is 10. The molecule has 0 saturated carbocycles. The molecule has 10 N–H and O–H groups in total. The van der Waals surface area contributed by atoms with Crippen molar-refractivity contribution in [2.75, 3.05) is 18.8 Å². The molecule has 2 aromatic rings. The van der Waals surface area contributed by atoms with Gasteiger partial charge in [0.25, 0.3) is 5.91 Å². The maximum atomic E-state index is 14.5. The van der Waals surface area contributed by atoms with Crippen LogP contribution in [0.5, 0.6) is 5.75 Å². The Labute approximate surface area is 474 Å². The van der Waals surface area contributed by atoms with Crippen LogP contribution in [0.25, 0.3) is 0 Å². The highest BCUT2D eigenvalue weighted by molar-refractivity contribution is 7.92. The number of aliphatic hydroxyl groups is 3. The first-order valence-corrected chi connectivity index (χ1v) is 29.4. The van der Waals surface area contributed by atoms with Crippen LogP contribution in [-0.2, 0) is 70.5 Å². The van der Waals surface area contributed by atoms with Gasteiger partial charge in [0, 0.05) is 43.5 Å². The summed E-state index contributed by atoms with van der Waals surface area (Å²) in [4.78, 5) is 109. The van der Waals surface area contributed by atoms with Crippen molar-refractivity contribution in [2.24, 2.45) is 0 Å². The fourth-order valence-corrected chi connectivity index (χ4v) is 12.1. The number of fused-ring (bicyclic) bond motifs is 1. The molecule has 9 atom stereocenters. The number of unbranched alkanes of at least 4 members (excludes halogenated alkanes) is 2. The number of carbonyl (C=O) groups excluding carboxylic acids is 8. The van der Waals surface area contributed by atoms with Crippen LogP contribution in [0.2, 0.25) is 0 Å². The fourth-order valence-electron chi connectivity index (χ4n) is 10.2. The van der Waals surface area contributed by atoms with Crippen molar-refractivity contribution in [3.8, 4) is 5.75 Å². The van der Waals surface area contributed by atoms with Crippen LogP contribution in [0.3, 0.4) is 0 Å². The van der Waals surface area contributed by atoms with Gasteiger partial charge in [0.15, 0.2) is 15.9 Å². The highest BCUT2D eigenvalue weighted by Crippen LogP contribution is 2.44. The van der Waals surface area contributed by atoms with E-state index in [4.69, 9.17) is 19.6 Å². The number of aliphatic hydroxyl groups excluding tert-OH is 3. The lowest BCUT2D eigenvalue weighted by molar-refractivity contribution is -0.221. The van der Waals surface area contributed by atoms with Crippen LogP contribution in [0.4, 0.5) is 0 Å². The third kappa shape index (κ3) is 18.6. The number of carbonyl (C=O) groups is 8. The van der Waals surface area contributed by atoms with Crippen molar-refractivity contribution in [3.05, 3.63) is 58.1 Å². The van der Waals surface area contributed by atoms with Gasteiger partial charge in [-0.1, -0.05) is 43.7 Å². The number of sulfone groups is 1. The summed E-state index contributed by atoms with van der Waals surface area (Å²) in [6, 6.07) is 2.86. The lowest BCUT2D eigenvalue weighted by Gasteiger charge is -2.40. The van der Waals surface area contributed by atoms with Gasteiger partial charge in [-0.15, -0.1) is 0 Å². The first-order valence-electron chi connectivity index (χ1n) is 27.8. The van der Waals surface area contributed by atoms with Crippen LogP contribution in [-0.4, -0.2) is 161 Å². The maximum Gasteiger partial charge on any atom is 0.308 e. The Balaban J connectivity index is 1.35. The second kappa shape index (κ2) is 28.6. The normalized spacial score (nSPS) is 24.6. The van der Waals surface area contributed by atoms with Crippen LogP contribution < -0.4 is 36.6 Å². The summed E-state index contributed by atoms with van der Waals surface area (Å²) in [5.74, 6) is -6.01. The van der Waals surface area contributed by atoms with Gasteiger partial charge < -0.3 is 66.8 Å². The third-order valence-electron chi connectivity index (χ3n) is 14.5. The Morgan fingerprint density at radius 2 is 1.37 bits per heavy atom. The monoisotopic (exact) mass is 1150 g/mol. The van der Waals surface area contributed by atoms with Crippen LogP contribution in [0.15, 0.2) is 35.2 Å². The van der Waals surface area contributed by atoms with Crippen molar-refractivity contribution < 1.29 is 76.3 Å². The molecule has 2 saturated heterocycles. The van der Waals surface area contributed by atoms with Gasteiger partial charge in [-0.05, 0) is 123 Å². The molecular formula is C57H83N7O16S. The van der Waals surface area contributed by atoms with Crippen molar-refractivity contribution in [3.63, 3.8) is 0 Å². The third-order valence-corrected chi connectivity index (χ3v) is 16.5. The number of hydrogen-bond acceptors (Lipinski definition) is 17. The van der Waals surface area contributed by atoms with E-state index in [9.17, 15) is 62.1 Å². The van der Waals surface area contributed by atoms with E-state index < -0.39 is 136 Å². The second-order valence-electron chi connectivity index (χ2n) is 22.9. The van der Waals surface area contributed by atoms with Crippen LogP contribution in [0, 0.1) is 26.2 Å². The van der Waals surface area contributed by atoms with Crippen molar-refractivity contribution in [1.82, 2.24) is 31.9 Å². The molecular weight excluding hydrogens is 1070 g/mol. The summed E-state index contributed by atoms with van der Waals surface area (Å²) in [6.45, 7) is 14.9. The Kier molecular flexibility index (Phi) is 23.1. The fraction of sp³-hybridized carbons (Fsp3) is 0.632. The molecule has 81 heavy (non-hydrogen) atoms. The van der Waals surface area contributed by atoms with Gasteiger partial charge in [-0.2, -0.15) is 0 Å². The topological polar surface area (TPSA) is 355 Å². The van der Waals surface area contributed by atoms with E-state index in [0.717, 1.165) is 11.1 Å². The molecule has 0 bridgehead atoms. The van der Waals surface area contributed by atoms with Crippen LogP contribution in [0.1, 0.15) is 140 Å². The van der Waals surface area contributed by atoms with Gasteiger partial charge in [0.2, 0.25) is 29.5 Å². The first-order chi connectivity index (χ1) is 37.9. The molecule has 5 rings (SSSR count). The summed E-state index contributed by atoms with van der Waals surface area (Å²) in [5.41, 5.74) is 1.71. The van der Waals surface area contributed by atoms with Gasteiger partial charge in [0.05, 0.1) is 29.7 Å². The molecule has 3 heterocycles. The highest BCUT2D eigenvalue weighted by Gasteiger charge is 2.46. The first kappa shape index (κ1) is 65.5. The Morgan fingerprint density at radius 3 is 2.01 bits per heavy atom. The predicted molar refractivity (Wildman–Crippen MR) is 297 cm³/mol. The number of ether oxygens (including phenoxy) is 3. The number of amides is 6. The minimum Gasteiger partial charge on any atom is -0.487 e. The molecule has 3 aliphatic rings. The predicted octanol–water partition coefficient (Wildman–Crippen LogP) is 1.62. The summed E-state index contributed by atoms with van der Waals surface area (Å²) in [7, 11) is -3.99. The molecule has 0 radical (unpaired) electrons. The lowest BCUT2D eigenvalue weighted by atomic mass is 9.91. The molecule has 24 heteroatoms. The van der Waals surface area contributed by atoms with Gasteiger partial charge in [-0.25, -0.2) is 8.42 Å². The van der Waals surface area contributed by atoms with E-state index in [1.54, 1.807) is 71.9 Å². The molecule has 448 valence electrons. The van der Waals surface area contributed by atoms with Gasteiger partial charge >= 0.3 is 5.97 Å². The molecule has 6 amide bonds. The molecule has 2 aromatic carbocycles. The Morgan fingerprint density at radius 1 is 0.765 bits per heavy atom. The summed E-state index contributed by atoms with van der Waals surface area (Å²) in [6.07, 6.45) is -7.26. The quantitative estimate of drug-likeness (QED) is 0.0455. The molecule has 0 spiro atoms. The van der Waals surface area contributed by atoms with E-state index in [2.05, 4.69) is 31.9 Å². The van der Waals surface area contributed by atoms with Crippen molar-refractivity contribution in [1.29, 1.82) is 5.41 Å². The highest BCUT2D eigenvalue weighted by atomic mass is 32.2. The second-order valence-corrected chi connectivity index (χ2v) is 24.9. The van der Waals surface area contributed by atoms with E-state index in [0.29, 0.717) is 28.9 Å². The van der Waals surface area contributed by atoms with Crippen molar-refractivity contribution >= 4 is 62.7 Å². The molecule has 0 aliphatic carbocycles. The lowest BCUT2D eigenvalue weighted by Crippen LogP contribution is -2.61. The largest absolute Gasteiger partial charge is 0.487 e. The minimum absolute atomic E-state index is 0.000587. The zero-order chi connectivity index (χ0) is 60.1. The Bertz CT molecular complexity index is 2770. The number of nitrogens with one attached hydrogen (secondary N) is 7. The number of benzene rings is 2. The summed E-state index contributed by atoms with van der Waals surface area (Å²) >= 11 is 0.